The summed E-state index contributed by atoms with van der Waals surface area (Å²) in [5.41, 5.74) is 6.49. The predicted octanol–water partition coefficient (Wildman–Crippen LogP) is 7.43. The van der Waals surface area contributed by atoms with Gasteiger partial charge in [-0.1, -0.05) is 86.6 Å². The summed E-state index contributed by atoms with van der Waals surface area (Å²) < 4.78 is 9.73. The third-order valence-corrected chi connectivity index (χ3v) is 14.3. The van der Waals surface area contributed by atoms with E-state index in [1.165, 1.54) is 14.2 Å². The largest absolute Gasteiger partial charge is 0.453 e. The number of imidazole rings is 2. The first kappa shape index (κ1) is 38.2. The number of hydrogen-bond donors (Lipinski definition) is 4. The van der Waals surface area contributed by atoms with Crippen molar-refractivity contribution in [2.24, 2.45) is 29.6 Å². The number of amides is 4. The summed E-state index contributed by atoms with van der Waals surface area (Å²) in [7, 11) is 2.61. The highest BCUT2D eigenvalue weighted by atomic mass is 16.5. The summed E-state index contributed by atoms with van der Waals surface area (Å²) in [6.07, 6.45) is 3.42. The van der Waals surface area contributed by atoms with E-state index in [1.807, 2.05) is 60.2 Å². The first-order valence-corrected chi connectivity index (χ1v) is 21.6. The fourth-order valence-corrected chi connectivity index (χ4v) is 11.2. The number of H-pyrrole nitrogens is 2. The molecule has 0 spiro atoms. The van der Waals surface area contributed by atoms with Gasteiger partial charge in [0.2, 0.25) is 5.91 Å². The van der Waals surface area contributed by atoms with Gasteiger partial charge in [0.05, 0.1) is 49.2 Å². The Hall–Kier alpha value is -6.70. The topological polar surface area (TPSA) is 175 Å². The quantitative estimate of drug-likeness (QED) is 0.110. The number of carbonyl (C=O) groups is 4. The molecule has 4 N–H and O–H groups in total. The average Bonchev–Trinajstić information content (AvgIpc) is 3.74. The van der Waals surface area contributed by atoms with Gasteiger partial charge in [-0.2, -0.15) is 0 Å². The van der Waals surface area contributed by atoms with E-state index in [-0.39, 0.29) is 47.8 Å². The number of ether oxygens (including phenoxy) is 2. The van der Waals surface area contributed by atoms with Crippen molar-refractivity contribution in [1.82, 2.24) is 40.4 Å². The van der Waals surface area contributed by atoms with Crippen LogP contribution in [0, 0.1) is 29.6 Å². The smallest absolute Gasteiger partial charge is 0.407 e. The van der Waals surface area contributed by atoms with Gasteiger partial charge in [-0.3, -0.25) is 9.59 Å². The molecule has 14 nitrogen and oxygen atoms in total. The van der Waals surface area contributed by atoms with Gasteiger partial charge in [0, 0.05) is 17.5 Å². The van der Waals surface area contributed by atoms with Gasteiger partial charge in [-0.05, 0) is 88.6 Å². The molecule has 5 heterocycles. The number of alkyl carbamates (subject to hydrolysis) is 2. The second-order valence-corrected chi connectivity index (χ2v) is 17.9. The maximum absolute atomic E-state index is 14.3. The molecular formula is C48H48N8O6. The summed E-state index contributed by atoms with van der Waals surface area (Å²) in [5.74, 6) is 2.91. The van der Waals surface area contributed by atoms with Gasteiger partial charge >= 0.3 is 12.2 Å². The molecule has 10 atom stereocenters. The van der Waals surface area contributed by atoms with E-state index in [2.05, 4.69) is 75.2 Å². The number of rotatable bonds is 10. The lowest BCUT2D eigenvalue weighted by Gasteiger charge is -2.36. The zero-order valence-corrected chi connectivity index (χ0v) is 34.9. The number of fused-ring (bicyclic) bond motifs is 6. The molecule has 4 bridgehead atoms. The average molecular weight is 833 g/mol. The van der Waals surface area contributed by atoms with Crippen molar-refractivity contribution in [3.8, 4) is 22.4 Å². The molecule has 4 aromatic carbocycles. The summed E-state index contributed by atoms with van der Waals surface area (Å²) in [6, 6.07) is 26.6. The number of aromatic nitrogens is 4. The second kappa shape index (κ2) is 14.5. The Morgan fingerprint density at radius 2 is 1.47 bits per heavy atom. The lowest BCUT2D eigenvalue weighted by atomic mass is 9.96. The van der Waals surface area contributed by atoms with Crippen LogP contribution in [0.2, 0.25) is 0 Å². The summed E-state index contributed by atoms with van der Waals surface area (Å²) in [6.45, 7) is 3.87. The van der Waals surface area contributed by atoms with E-state index >= 15 is 0 Å². The Labute approximate surface area is 357 Å². The van der Waals surface area contributed by atoms with Crippen molar-refractivity contribution >= 4 is 45.8 Å². The molecule has 2 aromatic heterocycles. The molecular weight excluding hydrogens is 785 g/mol. The van der Waals surface area contributed by atoms with Crippen molar-refractivity contribution in [2.75, 3.05) is 14.2 Å². The minimum atomic E-state index is -0.876. The number of benzene rings is 4. The van der Waals surface area contributed by atoms with Crippen molar-refractivity contribution in [3.63, 3.8) is 0 Å². The zero-order valence-electron chi connectivity index (χ0n) is 34.9. The fraction of sp³-hybridized carbons (Fsp3) is 0.375. The van der Waals surface area contributed by atoms with Gasteiger partial charge in [0.25, 0.3) is 5.91 Å². The van der Waals surface area contributed by atoms with Crippen LogP contribution in [0.15, 0.2) is 91.1 Å². The molecule has 6 fully saturated rings. The van der Waals surface area contributed by atoms with Crippen LogP contribution in [0.1, 0.15) is 68.4 Å². The number of hydrogen-bond acceptors (Lipinski definition) is 8. The molecule has 3 unspecified atom stereocenters. The molecule has 3 aliphatic carbocycles. The summed E-state index contributed by atoms with van der Waals surface area (Å²) in [4.78, 5) is 73.9. The van der Waals surface area contributed by atoms with Crippen LogP contribution < -0.4 is 10.6 Å². The number of aromatic amines is 2. The van der Waals surface area contributed by atoms with Crippen molar-refractivity contribution in [3.05, 3.63) is 108 Å². The molecule has 12 rings (SSSR count). The molecule has 0 radical (unpaired) electrons. The lowest BCUT2D eigenvalue weighted by molar-refractivity contribution is -0.138. The number of carbonyl (C=O) groups excluding carboxylic acids is 4. The predicted molar refractivity (Wildman–Crippen MR) is 230 cm³/mol. The van der Waals surface area contributed by atoms with E-state index in [0.29, 0.717) is 23.3 Å². The Morgan fingerprint density at radius 3 is 2.21 bits per heavy atom. The zero-order chi connectivity index (χ0) is 42.6. The van der Waals surface area contributed by atoms with Crippen LogP contribution in [0.5, 0.6) is 0 Å². The normalized spacial score (nSPS) is 26.1. The van der Waals surface area contributed by atoms with E-state index in [9.17, 15) is 19.2 Å². The first-order chi connectivity index (χ1) is 30.1. The molecule has 316 valence electrons. The van der Waals surface area contributed by atoms with Gasteiger partial charge < -0.3 is 39.9 Å². The highest BCUT2D eigenvalue weighted by Gasteiger charge is 2.86. The van der Waals surface area contributed by atoms with Gasteiger partial charge in [0.1, 0.15) is 23.7 Å². The van der Waals surface area contributed by atoms with E-state index in [1.54, 1.807) is 0 Å². The minimum Gasteiger partial charge on any atom is -0.453 e. The number of piperidine rings is 2. The number of nitrogens with zero attached hydrogens (tertiary/aromatic N) is 4. The molecule has 3 saturated carbocycles. The Kier molecular flexibility index (Phi) is 8.92. The van der Waals surface area contributed by atoms with Crippen LogP contribution in [0.3, 0.4) is 0 Å². The van der Waals surface area contributed by atoms with Gasteiger partial charge in [-0.25, -0.2) is 19.6 Å². The summed E-state index contributed by atoms with van der Waals surface area (Å²) >= 11 is 0. The van der Waals surface area contributed by atoms with E-state index in [4.69, 9.17) is 19.4 Å². The fourth-order valence-electron chi connectivity index (χ4n) is 11.2. The number of methoxy groups -OCH3 is 2. The Balaban J connectivity index is 0.823. The lowest BCUT2D eigenvalue weighted by Crippen LogP contribution is -2.51. The van der Waals surface area contributed by atoms with Crippen LogP contribution in [-0.2, 0) is 19.1 Å². The number of nitrogens with one attached hydrogen (secondary N) is 4. The van der Waals surface area contributed by atoms with E-state index in [0.717, 1.165) is 75.1 Å². The Morgan fingerprint density at radius 1 is 0.742 bits per heavy atom. The first-order valence-electron chi connectivity index (χ1n) is 21.6. The highest BCUT2D eigenvalue weighted by Crippen LogP contribution is 2.81. The molecule has 4 amide bonds. The maximum Gasteiger partial charge on any atom is 0.407 e. The molecule has 62 heavy (non-hydrogen) atoms. The van der Waals surface area contributed by atoms with Crippen molar-refractivity contribution < 1.29 is 28.7 Å². The van der Waals surface area contributed by atoms with Gasteiger partial charge in [0.15, 0.2) is 0 Å². The summed E-state index contributed by atoms with van der Waals surface area (Å²) in [5, 5.41) is 7.64. The van der Waals surface area contributed by atoms with Crippen LogP contribution in [0.4, 0.5) is 9.59 Å². The van der Waals surface area contributed by atoms with Crippen LogP contribution >= 0.6 is 0 Å². The maximum atomic E-state index is 14.3. The molecule has 14 heteroatoms. The van der Waals surface area contributed by atoms with Crippen LogP contribution in [-0.4, -0.2) is 86.1 Å². The standard InChI is InChI=1S/C48H48N8O6/c1-23(2)37(53-47(59)61-3)45(57)56-41-34-35(41)36(34)42(56)44-50-32-19-16-28-20-27(15-18-31(28)39(32)52-44)24-10-12-25(13-11-24)33-22-49-43(51-33)40-29-14-17-30(21-29)55(40)46(58)38(54-48(60)62-4)26-8-6-5-7-9-26/h5-13,15-16,18-20,22-23,29-30,34-38,40-42H,14,17,21H2,1-4H3,(H,49,51)(H,50,52)(H,53,59)(H,54,60)/t29-,30+,34+,35?,36?,37-,38+,40-,41?,42-/m0/s1. The van der Waals surface area contributed by atoms with Crippen LogP contribution in [0.25, 0.3) is 44.2 Å². The van der Waals surface area contributed by atoms with Gasteiger partial charge in [-0.15, -0.1) is 0 Å². The molecule has 3 saturated heterocycles. The molecule has 6 aliphatic rings. The molecule has 6 aromatic rings. The van der Waals surface area contributed by atoms with Crippen molar-refractivity contribution in [2.45, 2.75) is 69.4 Å². The second-order valence-electron chi connectivity index (χ2n) is 17.9. The third kappa shape index (κ3) is 6.04. The van der Waals surface area contributed by atoms with Crippen molar-refractivity contribution in [1.29, 1.82) is 0 Å². The number of likely N-dealkylation sites (tertiary alicyclic amines) is 1. The monoisotopic (exact) mass is 832 g/mol. The molecule has 3 aliphatic heterocycles. The van der Waals surface area contributed by atoms with E-state index < -0.39 is 24.3 Å². The SMILES string of the molecule is COC(=O)N[C@H](C(=O)N1C2C3C([C@@H]32)[C@H]1c1nc2c(ccc3cc(-c4ccc(-c5cnc([C@@H]6[C@H]7CC[C@H](C7)N6C(=O)[C@H](NC(=O)OC)c6ccccc6)[nH]5)cc4)ccc32)[nH]1)C(C)C. The highest BCUT2D eigenvalue weighted by molar-refractivity contribution is 6.05. The Bertz CT molecular complexity index is 2760. The minimum absolute atomic E-state index is 0.0738. The third-order valence-electron chi connectivity index (χ3n) is 14.3.